The predicted molar refractivity (Wildman–Crippen MR) is 93.1 cm³/mol. The van der Waals surface area contributed by atoms with Crippen LogP contribution in [0.25, 0.3) is 10.8 Å². The number of amides is 1. The largest absolute Gasteiger partial charge is 0.379 e. The summed E-state index contributed by atoms with van der Waals surface area (Å²) in [5.74, 6) is 0.120. The van der Waals surface area contributed by atoms with Gasteiger partial charge in [-0.25, -0.2) is 0 Å². The fourth-order valence-corrected chi connectivity index (χ4v) is 3.82. The van der Waals surface area contributed by atoms with Gasteiger partial charge in [0.2, 0.25) is 0 Å². The Morgan fingerprint density at radius 1 is 1.17 bits per heavy atom. The number of nitrogens with zero attached hydrogens (tertiary/aromatic N) is 3. The molecule has 2 aliphatic heterocycles. The lowest BCUT2D eigenvalue weighted by atomic mass is 10.1. The minimum Gasteiger partial charge on any atom is -0.379 e. The first kappa shape index (κ1) is 15.5. The van der Waals surface area contributed by atoms with Gasteiger partial charge < -0.3 is 9.64 Å². The second kappa shape index (κ2) is 6.87. The van der Waals surface area contributed by atoms with Crippen molar-refractivity contribution >= 4 is 16.7 Å². The van der Waals surface area contributed by atoms with Crippen LogP contribution < -0.4 is 0 Å². The Labute approximate surface area is 142 Å². The van der Waals surface area contributed by atoms with E-state index in [9.17, 15) is 4.79 Å². The van der Waals surface area contributed by atoms with Crippen molar-refractivity contribution in [3.8, 4) is 0 Å². The molecule has 0 saturated carbocycles. The van der Waals surface area contributed by atoms with Crippen LogP contribution in [0, 0.1) is 0 Å². The van der Waals surface area contributed by atoms with E-state index >= 15 is 0 Å². The van der Waals surface area contributed by atoms with Gasteiger partial charge in [0.1, 0.15) is 0 Å². The van der Waals surface area contributed by atoms with E-state index in [0.29, 0.717) is 6.04 Å². The first-order valence-corrected chi connectivity index (χ1v) is 8.77. The number of fused-ring (bicyclic) bond motifs is 1. The average molecular weight is 325 g/mol. The monoisotopic (exact) mass is 325 g/mol. The van der Waals surface area contributed by atoms with Gasteiger partial charge in [0.15, 0.2) is 0 Å². The molecule has 1 atom stereocenters. The third kappa shape index (κ3) is 3.01. The molecule has 4 rings (SSSR count). The maximum atomic E-state index is 13.2. The average Bonchev–Trinajstić information content (AvgIpc) is 3.09. The van der Waals surface area contributed by atoms with Crippen LogP contribution in [0.2, 0.25) is 0 Å². The fraction of sp³-hybridized carbons (Fsp3) is 0.474. The van der Waals surface area contributed by atoms with E-state index in [-0.39, 0.29) is 5.91 Å². The lowest BCUT2D eigenvalue weighted by molar-refractivity contribution is 0.0261. The molecule has 0 aliphatic carbocycles. The first-order chi connectivity index (χ1) is 11.8. The highest BCUT2D eigenvalue weighted by molar-refractivity contribution is 6.06. The molecule has 1 aromatic heterocycles. The SMILES string of the molecule is O=C(c1cncc2ccccc12)N1CCC[C@H]1CN1CCOCC1. The number of carbonyl (C=O) groups excluding carboxylic acids is 1. The number of rotatable bonds is 3. The molecular weight excluding hydrogens is 302 g/mol. The summed E-state index contributed by atoms with van der Waals surface area (Å²) in [6, 6.07) is 8.28. The van der Waals surface area contributed by atoms with E-state index in [4.69, 9.17) is 4.74 Å². The van der Waals surface area contributed by atoms with Gasteiger partial charge in [-0.05, 0) is 18.2 Å². The number of likely N-dealkylation sites (tertiary alicyclic amines) is 1. The minimum atomic E-state index is 0.120. The second-order valence-corrected chi connectivity index (χ2v) is 6.62. The third-order valence-corrected chi connectivity index (χ3v) is 5.11. The van der Waals surface area contributed by atoms with Crippen molar-refractivity contribution in [2.45, 2.75) is 18.9 Å². The Bertz CT molecular complexity index is 722. The highest BCUT2D eigenvalue weighted by Gasteiger charge is 2.31. The molecule has 126 valence electrons. The molecule has 2 fully saturated rings. The molecule has 0 unspecified atom stereocenters. The molecule has 1 aromatic carbocycles. The maximum Gasteiger partial charge on any atom is 0.256 e. The summed E-state index contributed by atoms with van der Waals surface area (Å²) in [5.41, 5.74) is 0.724. The van der Waals surface area contributed by atoms with E-state index in [0.717, 1.165) is 68.6 Å². The van der Waals surface area contributed by atoms with Crippen molar-refractivity contribution < 1.29 is 9.53 Å². The predicted octanol–water partition coefficient (Wildman–Crippen LogP) is 2.17. The zero-order chi connectivity index (χ0) is 16.4. The minimum absolute atomic E-state index is 0.120. The Morgan fingerprint density at radius 3 is 2.88 bits per heavy atom. The Morgan fingerprint density at radius 2 is 2.00 bits per heavy atom. The molecule has 0 radical (unpaired) electrons. The van der Waals surface area contributed by atoms with Crippen LogP contribution in [0.15, 0.2) is 36.7 Å². The molecule has 24 heavy (non-hydrogen) atoms. The molecule has 2 saturated heterocycles. The summed E-state index contributed by atoms with van der Waals surface area (Å²) in [7, 11) is 0. The standard InChI is InChI=1S/C19H23N3O2/c23-19(18-13-20-12-15-4-1-2-6-17(15)18)22-7-3-5-16(22)14-21-8-10-24-11-9-21/h1-2,4,6,12-13,16H,3,5,7-11,14H2/t16-/m0/s1. The quantitative estimate of drug-likeness (QED) is 0.868. The molecule has 2 aromatic rings. The number of pyridine rings is 1. The topological polar surface area (TPSA) is 45.7 Å². The molecule has 0 N–H and O–H groups in total. The highest BCUT2D eigenvalue weighted by Crippen LogP contribution is 2.24. The zero-order valence-corrected chi connectivity index (χ0v) is 13.9. The van der Waals surface area contributed by atoms with E-state index < -0.39 is 0 Å². The van der Waals surface area contributed by atoms with Gasteiger partial charge in [0, 0.05) is 50.0 Å². The van der Waals surface area contributed by atoms with Crippen LogP contribution in [-0.4, -0.2) is 66.1 Å². The lowest BCUT2D eigenvalue weighted by Gasteiger charge is -2.33. The van der Waals surface area contributed by atoms with Crippen LogP contribution in [0.3, 0.4) is 0 Å². The molecule has 0 bridgehead atoms. The number of hydrogen-bond acceptors (Lipinski definition) is 4. The van der Waals surface area contributed by atoms with Gasteiger partial charge in [-0.3, -0.25) is 14.7 Å². The smallest absolute Gasteiger partial charge is 0.256 e. The molecule has 2 aliphatic rings. The number of morpholine rings is 1. The Kier molecular flexibility index (Phi) is 4.45. The molecule has 5 nitrogen and oxygen atoms in total. The van der Waals surface area contributed by atoms with Crippen molar-refractivity contribution in [2.75, 3.05) is 39.4 Å². The number of benzene rings is 1. The summed E-state index contributed by atoms with van der Waals surface area (Å²) in [6.07, 6.45) is 5.70. The van der Waals surface area contributed by atoms with Crippen LogP contribution in [0.4, 0.5) is 0 Å². The van der Waals surface area contributed by atoms with E-state index in [1.165, 1.54) is 0 Å². The van der Waals surface area contributed by atoms with Crippen LogP contribution in [0.5, 0.6) is 0 Å². The summed E-state index contributed by atoms with van der Waals surface area (Å²) in [5, 5.41) is 2.02. The van der Waals surface area contributed by atoms with Crippen molar-refractivity contribution in [2.24, 2.45) is 0 Å². The fourth-order valence-electron chi connectivity index (χ4n) is 3.82. The van der Waals surface area contributed by atoms with Gasteiger partial charge in [0.05, 0.1) is 18.8 Å². The van der Waals surface area contributed by atoms with Gasteiger partial charge in [-0.2, -0.15) is 0 Å². The van der Waals surface area contributed by atoms with E-state index in [2.05, 4.69) is 14.8 Å². The zero-order valence-electron chi connectivity index (χ0n) is 13.9. The Balaban J connectivity index is 1.56. The number of hydrogen-bond donors (Lipinski definition) is 0. The second-order valence-electron chi connectivity index (χ2n) is 6.62. The normalized spacial score (nSPS) is 22.2. The molecule has 5 heteroatoms. The van der Waals surface area contributed by atoms with Gasteiger partial charge in [-0.15, -0.1) is 0 Å². The van der Waals surface area contributed by atoms with Crippen LogP contribution in [0.1, 0.15) is 23.2 Å². The van der Waals surface area contributed by atoms with Crippen molar-refractivity contribution in [3.05, 3.63) is 42.2 Å². The van der Waals surface area contributed by atoms with Crippen LogP contribution >= 0.6 is 0 Å². The molecule has 0 spiro atoms. The molecular formula is C19H23N3O2. The highest BCUT2D eigenvalue weighted by atomic mass is 16.5. The first-order valence-electron chi connectivity index (χ1n) is 8.77. The Hall–Kier alpha value is -1.98. The molecule has 1 amide bonds. The summed E-state index contributed by atoms with van der Waals surface area (Å²) in [6.45, 7) is 5.33. The summed E-state index contributed by atoms with van der Waals surface area (Å²) < 4.78 is 5.43. The number of aromatic nitrogens is 1. The van der Waals surface area contributed by atoms with Crippen molar-refractivity contribution in [1.29, 1.82) is 0 Å². The van der Waals surface area contributed by atoms with Gasteiger partial charge in [-0.1, -0.05) is 24.3 Å². The van der Waals surface area contributed by atoms with Crippen LogP contribution in [-0.2, 0) is 4.74 Å². The van der Waals surface area contributed by atoms with Gasteiger partial charge in [0.25, 0.3) is 5.91 Å². The lowest BCUT2D eigenvalue weighted by Crippen LogP contribution is -2.46. The van der Waals surface area contributed by atoms with Gasteiger partial charge >= 0.3 is 0 Å². The van der Waals surface area contributed by atoms with Crippen molar-refractivity contribution in [1.82, 2.24) is 14.8 Å². The van der Waals surface area contributed by atoms with E-state index in [1.807, 2.05) is 30.5 Å². The summed E-state index contributed by atoms with van der Waals surface area (Å²) >= 11 is 0. The van der Waals surface area contributed by atoms with Crippen molar-refractivity contribution in [3.63, 3.8) is 0 Å². The van der Waals surface area contributed by atoms with E-state index in [1.54, 1.807) is 6.20 Å². The maximum absolute atomic E-state index is 13.2. The number of carbonyl (C=O) groups is 1. The number of ether oxygens (including phenoxy) is 1. The third-order valence-electron chi connectivity index (χ3n) is 5.11. The molecule has 3 heterocycles. The summed E-state index contributed by atoms with van der Waals surface area (Å²) in [4.78, 5) is 21.9.